The van der Waals surface area contributed by atoms with Gasteiger partial charge in [-0.15, -0.1) is 0 Å². The number of phenolic OH excluding ortho intramolecular Hbond substituents is 1. The molecule has 21 heavy (non-hydrogen) atoms. The molecule has 0 aromatic heterocycles. The third-order valence-electron chi connectivity index (χ3n) is 2.83. The van der Waals surface area contributed by atoms with E-state index in [-0.39, 0.29) is 5.75 Å². The summed E-state index contributed by atoms with van der Waals surface area (Å²) in [5.74, 6) is 0.497. The minimum Gasteiger partial charge on any atom is -0.508 e. The summed E-state index contributed by atoms with van der Waals surface area (Å²) < 4.78 is 42.8. The van der Waals surface area contributed by atoms with Crippen LogP contribution in [0.1, 0.15) is 16.7 Å². The second kappa shape index (κ2) is 5.91. The minimum atomic E-state index is -4.36. The second-order valence-corrected chi connectivity index (χ2v) is 4.42. The van der Waals surface area contributed by atoms with Crippen LogP contribution in [0.3, 0.4) is 0 Å². The number of hydrogen-bond acceptors (Lipinski definition) is 2. The van der Waals surface area contributed by atoms with Gasteiger partial charge in [0.25, 0.3) is 0 Å². The van der Waals surface area contributed by atoms with Crippen molar-refractivity contribution in [3.63, 3.8) is 0 Å². The first-order chi connectivity index (χ1) is 9.88. The molecule has 0 amide bonds. The van der Waals surface area contributed by atoms with Crippen molar-refractivity contribution in [2.75, 3.05) is 7.11 Å². The van der Waals surface area contributed by atoms with Gasteiger partial charge >= 0.3 is 6.18 Å². The Morgan fingerprint density at radius 1 is 1.00 bits per heavy atom. The Morgan fingerprint density at radius 2 is 1.71 bits per heavy atom. The largest absolute Gasteiger partial charge is 0.508 e. The van der Waals surface area contributed by atoms with Crippen LogP contribution in [-0.2, 0) is 6.18 Å². The number of benzene rings is 2. The predicted octanol–water partition coefficient (Wildman–Crippen LogP) is 4.59. The Bertz CT molecular complexity index is 661. The zero-order valence-electron chi connectivity index (χ0n) is 11.2. The SMILES string of the molecule is COc1cc(O)cc(/C=C/c2cccc(C(F)(F)F)c2)c1. The fraction of sp³-hybridized carbons (Fsp3) is 0.125. The molecule has 0 aliphatic rings. The Kier molecular flexibility index (Phi) is 4.21. The lowest BCUT2D eigenvalue weighted by Crippen LogP contribution is -2.04. The van der Waals surface area contributed by atoms with Gasteiger partial charge in [-0.3, -0.25) is 0 Å². The number of methoxy groups -OCH3 is 1. The van der Waals surface area contributed by atoms with Crippen LogP contribution in [0.5, 0.6) is 11.5 Å². The maximum Gasteiger partial charge on any atom is 0.416 e. The Morgan fingerprint density at radius 3 is 2.38 bits per heavy atom. The highest BCUT2D eigenvalue weighted by atomic mass is 19.4. The third kappa shape index (κ3) is 4.02. The quantitative estimate of drug-likeness (QED) is 0.839. The summed E-state index contributed by atoms with van der Waals surface area (Å²) in [6, 6.07) is 9.63. The van der Waals surface area contributed by atoms with Crippen molar-refractivity contribution < 1.29 is 23.0 Å². The van der Waals surface area contributed by atoms with E-state index in [1.165, 1.54) is 25.3 Å². The molecule has 0 fully saturated rings. The average molecular weight is 294 g/mol. The predicted molar refractivity (Wildman–Crippen MR) is 75.0 cm³/mol. The summed E-state index contributed by atoms with van der Waals surface area (Å²) in [6.07, 6.45) is -1.21. The van der Waals surface area contributed by atoms with E-state index < -0.39 is 11.7 Å². The van der Waals surface area contributed by atoms with Crippen LogP contribution in [0, 0.1) is 0 Å². The second-order valence-electron chi connectivity index (χ2n) is 4.42. The van der Waals surface area contributed by atoms with Gasteiger partial charge in [0.2, 0.25) is 0 Å². The summed E-state index contributed by atoms with van der Waals surface area (Å²) in [5.41, 5.74) is 0.356. The molecule has 2 aromatic carbocycles. The van der Waals surface area contributed by atoms with E-state index in [4.69, 9.17) is 4.74 Å². The Labute approximate surface area is 120 Å². The smallest absolute Gasteiger partial charge is 0.416 e. The highest BCUT2D eigenvalue weighted by molar-refractivity contribution is 5.71. The molecule has 2 rings (SSSR count). The van der Waals surface area contributed by atoms with Crippen molar-refractivity contribution in [3.8, 4) is 11.5 Å². The Hall–Kier alpha value is -2.43. The van der Waals surface area contributed by atoms with Gasteiger partial charge in [-0.1, -0.05) is 24.3 Å². The molecule has 0 heterocycles. The maximum atomic E-state index is 12.6. The average Bonchev–Trinajstić information content (AvgIpc) is 2.44. The summed E-state index contributed by atoms with van der Waals surface area (Å²) in [7, 11) is 1.47. The molecule has 0 unspecified atom stereocenters. The highest BCUT2D eigenvalue weighted by Gasteiger charge is 2.30. The van der Waals surface area contributed by atoms with Crippen molar-refractivity contribution in [3.05, 3.63) is 59.2 Å². The molecule has 110 valence electrons. The van der Waals surface area contributed by atoms with Gasteiger partial charge < -0.3 is 9.84 Å². The van der Waals surface area contributed by atoms with Gasteiger partial charge in [0.15, 0.2) is 0 Å². The van der Waals surface area contributed by atoms with E-state index >= 15 is 0 Å². The van der Waals surface area contributed by atoms with Crippen molar-refractivity contribution in [1.29, 1.82) is 0 Å². The first kappa shape index (κ1) is 15.0. The molecule has 0 bridgehead atoms. The lowest BCUT2D eigenvalue weighted by atomic mass is 10.1. The van der Waals surface area contributed by atoms with Gasteiger partial charge in [-0.2, -0.15) is 13.2 Å². The number of ether oxygens (including phenoxy) is 1. The number of hydrogen-bond donors (Lipinski definition) is 1. The molecule has 5 heteroatoms. The lowest BCUT2D eigenvalue weighted by Gasteiger charge is -2.06. The van der Waals surface area contributed by atoms with Gasteiger partial charge in [0.1, 0.15) is 11.5 Å². The molecule has 0 spiro atoms. The maximum absolute atomic E-state index is 12.6. The van der Waals surface area contributed by atoms with Crippen LogP contribution < -0.4 is 4.74 Å². The first-order valence-corrected chi connectivity index (χ1v) is 6.12. The molecule has 0 aliphatic carbocycles. The van der Waals surface area contributed by atoms with Gasteiger partial charge in [-0.25, -0.2) is 0 Å². The zero-order valence-corrected chi connectivity index (χ0v) is 11.2. The molecule has 1 N–H and O–H groups in total. The van der Waals surface area contributed by atoms with Crippen molar-refractivity contribution >= 4 is 12.2 Å². The standard InChI is InChI=1S/C16H13F3O2/c1-21-15-9-12(8-14(20)10-15)6-5-11-3-2-4-13(7-11)16(17,18)19/h2-10,20H,1H3/b6-5+. The molecule has 0 saturated carbocycles. The van der Waals surface area contributed by atoms with Crippen LogP contribution in [0.4, 0.5) is 13.2 Å². The van der Waals surface area contributed by atoms with Crippen LogP contribution in [-0.4, -0.2) is 12.2 Å². The summed E-state index contributed by atoms with van der Waals surface area (Å²) in [5, 5.41) is 9.51. The molecule has 2 nitrogen and oxygen atoms in total. The fourth-order valence-electron chi connectivity index (χ4n) is 1.83. The number of aromatic hydroxyl groups is 1. The van der Waals surface area contributed by atoms with Gasteiger partial charge in [-0.05, 0) is 35.4 Å². The molecule has 0 saturated heterocycles. The van der Waals surface area contributed by atoms with Crippen LogP contribution in [0.2, 0.25) is 0 Å². The molecule has 0 aliphatic heterocycles. The highest BCUT2D eigenvalue weighted by Crippen LogP contribution is 2.30. The minimum absolute atomic E-state index is 0.0260. The van der Waals surface area contributed by atoms with E-state index in [0.717, 1.165) is 12.1 Å². The number of phenols is 1. The van der Waals surface area contributed by atoms with Crippen LogP contribution >= 0.6 is 0 Å². The molecule has 2 aromatic rings. The van der Waals surface area contributed by atoms with Crippen LogP contribution in [0.15, 0.2) is 42.5 Å². The van der Waals surface area contributed by atoms with Crippen molar-refractivity contribution in [1.82, 2.24) is 0 Å². The lowest BCUT2D eigenvalue weighted by molar-refractivity contribution is -0.137. The summed E-state index contributed by atoms with van der Waals surface area (Å²) in [6.45, 7) is 0. The normalized spacial score (nSPS) is 11.8. The first-order valence-electron chi connectivity index (χ1n) is 6.12. The van der Waals surface area contributed by atoms with Gasteiger partial charge in [0, 0.05) is 6.07 Å². The van der Waals surface area contributed by atoms with E-state index in [9.17, 15) is 18.3 Å². The van der Waals surface area contributed by atoms with Gasteiger partial charge in [0.05, 0.1) is 12.7 Å². The number of alkyl halides is 3. The number of rotatable bonds is 3. The molecule has 0 radical (unpaired) electrons. The summed E-state index contributed by atoms with van der Waals surface area (Å²) >= 11 is 0. The van der Waals surface area contributed by atoms with E-state index in [1.54, 1.807) is 24.3 Å². The fourth-order valence-corrected chi connectivity index (χ4v) is 1.83. The molecular formula is C16H13F3O2. The van der Waals surface area contributed by atoms with Crippen molar-refractivity contribution in [2.24, 2.45) is 0 Å². The van der Waals surface area contributed by atoms with E-state index in [0.29, 0.717) is 16.9 Å². The van der Waals surface area contributed by atoms with E-state index in [2.05, 4.69) is 0 Å². The topological polar surface area (TPSA) is 29.5 Å². The molecular weight excluding hydrogens is 281 g/mol. The number of halogens is 3. The zero-order chi connectivity index (χ0) is 15.5. The van der Waals surface area contributed by atoms with Crippen LogP contribution in [0.25, 0.3) is 12.2 Å². The summed E-state index contributed by atoms with van der Waals surface area (Å²) in [4.78, 5) is 0. The monoisotopic (exact) mass is 294 g/mol. The van der Waals surface area contributed by atoms with E-state index in [1.807, 2.05) is 0 Å². The van der Waals surface area contributed by atoms with Crippen molar-refractivity contribution in [2.45, 2.75) is 6.18 Å². The molecule has 0 atom stereocenters. The third-order valence-corrected chi connectivity index (χ3v) is 2.83. The Balaban J connectivity index is 2.27.